The van der Waals surface area contributed by atoms with Crippen molar-refractivity contribution in [2.45, 2.75) is 69.4 Å². The molecule has 7 nitrogen and oxygen atoms in total. The Hall–Kier alpha value is -2.72. The smallest absolute Gasteiger partial charge is 0.494 e. The van der Waals surface area contributed by atoms with Gasteiger partial charge in [0.15, 0.2) is 12.2 Å². The lowest BCUT2D eigenvalue weighted by molar-refractivity contribution is -0.274. The van der Waals surface area contributed by atoms with Crippen molar-refractivity contribution >= 4 is 11.5 Å². The maximum Gasteiger partial charge on any atom is 0.573 e. The van der Waals surface area contributed by atoms with E-state index in [1.807, 2.05) is 12.2 Å². The lowest BCUT2D eigenvalue weighted by atomic mass is 9.67. The highest BCUT2D eigenvalue weighted by atomic mass is 19.4. The SMILES string of the molecule is CN1C(N)=NC2(CC(C3CCOC(C)(C)C3)OC3=CC=C(c4cccc(OC(F)(F)F)c4)CC32)C1O. The summed E-state index contributed by atoms with van der Waals surface area (Å²) in [5.41, 5.74) is 6.40. The summed E-state index contributed by atoms with van der Waals surface area (Å²) in [7, 11) is 1.71. The van der Waals surface area contributed by atoms with Crippen LogP contribution in [0.2, 0.25) is 0 Å². The molecule has 36 heavy (non-hydrogen) atoms. The Morgan fingerprint density at radius 2 is 2.00 bits per heavy atom. The lowest BCUT2D eigenvalue weighted by Gasteiger charge is -2.50. The second kappa shape index (κ2) is 8.69. The van der Waals surface area contributed by atoms with Crippen LogP contribution in [0.3, 0.4) is 0 Å². The molecule has 2 fully saturated rings. The molecule has 2 saturated heterocycles. The quantitative estimate of drug-likeness (QED) is 0.638. The molecule has 5 atom stereocenters. The van der Waals surface area contributed by atoms with Crippen molar-refractivity contribution in [2.24, 2.45) is 22.6 Å². The number of aliphatic imine (C=N–C) groups is 1. The van der Waals surface area contributed by atoms with Gasteiger partial charge in [0.1, 0.15) is 23.2 Å². The van der Waals surface area contributed by atoms with Gasteiger partial charge in [-0.2, -0.15) is 0 Å². The standard InChI is InChI=1S/C26H32F3N3O4/c1-24(2)13-17(9-10-34-24)21-14-25(22(33)32(3)23(30)31-25)19-12-16(7-8-20(19)35-21)15-5-4-6-18(11-15)36-26(27,28)29/h4-8,11,17,19,21-22,33H,9-10,12-14H2,1-3H3,(H2,30,31). The largest absolute Gasteiger partial charge is 0.573 e. The van der Waals surface area contributed by atoms with E-state index in [4.69, 9.17) is 20.2 Å². The molecule has 0 amide bonds. The number of hydrogen-bond donors (Lipinski definition) is 2. The Morgan fingerprint density at radius 3 is 2.67 bits per heavy atom. The number of guanidine groups is 1. The Morgan fingerprint density at radius 1 is 1.22 bits per heavy atom. The highest BCUT2D eigenvalue weighted by molar-refractivity contribution is 5.81. The Bertz CT molecular complexity index is 1120. The van der Waals surface area contributed by atoms with Gasteiger partial charge >= 0.3 is 6.36 Å². The first-order chi connectivity index (χ1) is 16.9. The number of rotatable bonds is 3. The van der Waals surface area contributed by atoms with E-state index < -0.39 is 18.1 Å². The summed E-state index contributed by atoms with van der Waals surface area (Å²) in [5.74, 6) is 0.589. The molecule has 1 aliphatic carbocycles. The van der Waals surface area contributed by atoms with Gasteiger partial charge in [-0.3, -0.25) is 0 Å². The minimum absolute atomic E-state index is 0.174. The predicted octanol–water partition coefficient (Wildman–Crippen LogP) is 4.18. The Labute approximate surface area is 208 Å². The summed E-state index contributed by atoms with van der Waals surface area (Å²) < 4.78 is 54.9. The monoisotopic (exact) mass is 507 g/mol. The summed E-state index contributed by atoms with van der Waals surface area (Å²) >= 11 is 0. The molecule has 1 aromatic rings. The van der Waals surface area contributed by atoms with Crippen LogP contribution in [0, 0.1) is 11.8 Å². The van der Waals surface area contributed by atoms with Gasteiger partial charge in [0.25, 0.3) is 0 Å². The lowest BCUT2D eigenvalue weighted by Crippen LogP contribution is -2.57. The molecule has 0 bridgehead atoms. The van der Waals surface area contributed by atoms with Crippen LogP contribution in [0.4, 0.5) is 13.2 Å². The Balaban J connectivity index is 1.49. The van der Waals surface area contributed by atoms with Gasteiger partial charge in [0, 0.05) is 26.0 Å². The summed E-state index contributed by atoms with van der Waals surface area (Å²) in [5, 5.41) is 11.4. The maximum atomic E-state index is 12.8. The first kappa shape index (κ1) is 25.0. The zero-order valence-electron chi connectivity index (χ0n) is 20.6. The summed E-state index contributed by atoms with van der Waals surface area (Å²) in [6.45, 7) is 4.78. The number of likely N-dealkylation sites (N-methyl/N-ethyl adjacent to an activating group) is 1. The minimum atomic E-state index is -4.77. The van der Waals surface area contributed by atoms with E-state index in [0.717, 1.165) is 18.4 Å². The van der Waals surface area contributed by atoms with Crippen LogP contribution in [0.1, 0.15) is 45.1 Å². The fourth-order valence-corrected chi connectivity index (χ4v) is 6.10. The molecule has 4 aliphatic rings. The van der Waals surface area contributed by atoms with E-state index in [1.165, 1.54) is 18.2 Å². The van der Waals surface area contributed by atoms with Gasteiger partial charge in [0.2, 0.25) is 0 Å². The van der Waals surface area contributed by atoms with Crippen molar-refractivity contribution in [2.75, 3.05) is 13.7 Å². The van der Waals surface area contributed by atoms with Crippen LogP contribution >= 0.6 is 0 Å². The average Bonchev–Trinajstić information content (AvgIpc) is 3.01. The van der Waals surface area contributed by atoms with E-state index in [-0.39, 0.29) is 35.2 Å². The summed E-state index contributed by atoms with van der Waals surface area (Å²) in [6, 6.07) is 5.91. The molecule has 1 spiro atoms. The molecule has 0 aromatic heterocycles. The molecule has 5 unspecified atom stereocenters. The zero-order valence-corrected chi connectivity index (χ0v) is 20.6. The molecular weight excluding hydrogens is 475 g/mol. The van der Waals surface area contributed by atoms with Crippen molar-refractivity contribution in [1.82, 2.24) is 4.90 Å². The molecule has 196 valence electrons. The van der Waals surface area contributed by atoms with Crippen molar-refractivity contribution in [3.05, 3.63) is 47.7 Å². The highest BCUT2D eigenvalue weighted by Gasteiger charge is 2.59. The fourth-order valence-electron chi connectivity index (χ4n) is 6.10. The highest BCUT2D eigenvalue weighted by Crippen LogP contribution is 2.52. The number of alkyl halides is 3. The van der Waals surface area contributed by atoms with Gasteiger partial charge in [-0.15, -0.1) is 13.2 Å². The zero-order chi connectivity index (χ0) is 25.9. The van der Waals surface area contributed by atoms with Crippen LogP contribution < -0.4 is 10.5 Å². The summed E-state index contributed by atoms with van der Waals surface area (Å²) in [4.78, 5) is 6.39. The van der Waals surface area contributed by atoms with Gasteiger partial charge in [-0.25, -0.2) is 4.99 Å². The van der Waals surface area contributed by atoms with Gasteiger partial charge in [-0.05, 0) is 62.5 Å². The summed E-state index contributed by atoms with van der Waals surface area (Å²) in [6.07, 6.45) is 0.394. The molecule has 3 heterocycles. The predicted molar refractivity (Wildman–Crippen MR) is 128 cm³/mol. The van der Waals surface area contributed by atoms with E-state index in [1.54, 1.807) is 18.0 Å². The second-order valence-electron chi connectivity index (χ2n) is 10.8. The number of ether oxygens (including phenoxy) is 3. The molecule has 5 rings (SSSR count). The number of nitrogens with two attached hydrogens (primary N) is 1. The van der Waals surface area contributed by atoms with E-state index >= 15 is 0 Å². The number of aliphatic hydroxyl groups is 1. The Kier molecular flexibility index (Phi) is 6.02. The van der Waals surface area contributed by atoms with Gasteiger partial charge in [0.05, 0.1) is 11.5 Å². The van der Waals surface area contributed by atoms with Crippen molar-refractivity contribution in [3.63, 3.8) is 0 Å². The van der Waals surface area contributed by atoms with E-state index in [0.29, 0.717) is 30.8 Å². The van der Waals surface area contributed by atoms with Crippen molar-refractivity contribution < 1.29 is 32.5 Å². The van der Waals surface area contributed by atoms with Crippen LogP contribution in [-0.4, -0.2) is 59.5 Å². The minimum Gasteiger partial charge on any atom is -0.494 e. The van der Waals surface area contributed by atoms with E-state index in [2.05, 4.69) is 18.6 Å². The van der Waals surface area contributed by atoms with Crippen LogP contribution in [0.15, 0.2) is 47.2 Å². The van der Waals surface area contributed by atoms with Crippen molar-refractivity contribution in [3.8, 4) is 5.75 Å². The first-order valence-electron chi connectivity index (χ1n) is 12.2. The third-order valence-electron chi connectivity index (χ3n) is 7.83. The maximum absolute atomic E-state index is 12.8. The number of halogens is 3. The number of benzene rings is 1. The molecule has 3 aliphatic heterocycles. The van der Waals surface area contributed by atoms with E-state index in [9.17, 15) is 18.3 Å². The molecule has 3 N–H and O–H groups in total. The molecule has 1 aromatic carbocycles. The van der Waals surface area contributed by atoms with Crippen LogP contribution in [-0.2, 0) is 9.47 Å². The molecule has 10 heteroatoms. The number of allylic oxidation sites excluding steroid dienone is 3. The first-order valence-corrected chi connectivity index (χ1v) is 12.2. The van der Waals surface area contributed by atoms with Gasteiger partial charge in [-0.1, -0.05) is 18.2 Å². The van der Waals surface area contributed by atoms with Crippen LogP contribution in [0.25, 0.3) is 5.57 Å². The number of aliphatic hydroxyl groups excluding tert-OH is 1. The number of fused-ring (bicyclic) bond motifs is 2. The average molecular weight is 508 g/mol. The molecule has 0 saturated carbocycles. The van der Waals surface area contributed by atoms with Crippen LogP contribution in [0.5, 0.6) is 5.75 Å². The normalized spacial score (nSPS) is 33.9. The fraction of sp³-hybridized carbons (Fsp3) is 0.577. The number of hydrogen-bond acceptors (Lipinski definition) is 7. The number of nitrogens with zero attached hydrogens (tertiary/aromatic N) is 2. The second-order valence-corrected chi connectivity index (χ2v) is 10.8. The van der Waals surface area contributed by atoms with Gasteiger partial charge < -0.3 is 30.0 Å². The molecular formula is C26H32F3N3O4. The topological polar surface area (TPSA) is 89.5 Å². The molecule has 0 radical (unpaired) electrons. The third kappa shape index (κ3) is 4.56. The van der Waals surface area contributed by atoms with Crippen molar-refractivity contribution in [1.29, 1.82) is 0 Å². The third-order valence-corrected chi connectivity index (χ3v) is 7.83.